The van der Waals surface area contributed by atoms with E-state index >= 15 is 0 Å². The number of rotatable bonds is 2. The van der Waals surface area contributed by atoms with Crippen molar-refractivity contribution < 1.29 is 0 Å². The minimum absolute atomic E-state index is 0.501. The van der Waals surface area contributed by atoms with Gasteiger partial charge in [-0.2, -0.15) is 0 Å². The van der Waals surface area contributed by atoms with Gasteiger partial charge in [0.15, 0.2) is 5.13 Å². The third kappa shape index (κ3) is 2.54. The molecule has 0 saturated heterocycles. The first-order valence-electron chi connectivity index (χ1n) is 7.48. The van der Waals surface area contributed by atoms with Crippen LogP contribution < -0.4 is 5.32 Å². The van der Waals surface area contributed by atoms with Crippen molar-refractivity contribution in [2.45, 2.75) is 32.2 Å². The van der Waals surface area contributed by atoms with Crippen molar-refractivity contribution >= 4 is 26.7 Å². The zero-order valence-electron chi connectivity index (χ0n) is 12.1. The van der Waals surface area contributed by atoms with Gasteiger partial charge in [0.25, 0.3) is 0 Å². The van der Waals surface area contributed by atoms with Gasteiger partial charge in [-0.3, -0.25) is 0 Å². The maximum Gasteiger partial charge on any atom is 0.184 e. The number of benzene rings is 2. The Kier molecular flexibility index (Phi) is 3.15. The quantitative estimate of drug-likeness (QED) is 0.748. The average molecular weight is 294 g/mol. The van der Waals surface area contributed by atoms with Crippen LogP contribution in [0.4, 0.5) is 5.13 Å². The molecule has 4 rings (SSSR count). The molecule has 1 N–H and O–H groups in total. The largest absolute Gasteiger partial charge is 0.358 e. The van der Waals surface area contributed by atoms with Crippen molar-refractivity contribution in [3.63, 3.8) is 0 Å². The minimum Gasteiger partial charge on any atom is -0.358 e. The molecule has 106 valence electrons. The molecule has 1 aliphatic carbocycles. The second-order valence-corrected chi connectivity index (χ2v) is 6.87. The molecule has 3 aromatic rings. The first kappa shape index (κ1) is 12.8. The van der Waals surface area contributed by atoms with E-state index in [1.54, 1.807) is 11.3 Å². The molecule has 0 radical (unpaired) electrons. The molecule has 0 aliphatic heterocycles. The average Bonchev–Trinajstić information content (AvgIpc) is 2.88. The number of nitrogens with one attached hydrogen (secondary N) is 1. The van der Waals surface area contributed by atoms with Crippen LogP contribution in [-0.2, 0) is 12.8 Å². The Bertz CT molecular complexity index is 791. The topological polar surface area (TPSA) is 24.9 Å². The predicted molar refractivity (Wildman–Crippen MR) is 90.2 cm³/mol. The van der Waals surface area contributed by atoms with Crippen LogP contribution in [0.15, 0.2) is 42.5 Å². The molecule has 2 aromatic carbocycles. The molecule has 3 heteroatoms. The Hall–Kier alpha value is -1.87. The number of nitrogens with zero attached hydrogens (tertiary/aromatic N) is 1. The van der Waals surface area contributed by atoms with E-state index in [-0.39, 0.29) is 0 Å². The molecule has 1 aromatic heterocycles. The Balaban J connectivity index is 1.55. The minimum atomic E-state index is 0.501. The van der Waals surface area contributed by atoms with E-state index in [2.05, 4.69) is 54.7 Å². The Morgan fingerprint density at radius 3 is 2.90 bits per heavy atom. The van der Waals surface area contributed by atoms with Crippen LogP contribution in [0.2, 0.25) is 0 Å². The molecule has 0 saturated carbocycles. The summed E-state index contributed by atoms with van der Waals surface area (Å²) in [5.74, 6) is 0. The summed E-state index contributed by atoms with van der Waals surface area (Å²) in [5.41, 5.74) is 5.39. The summed E-state index contributed by atoms with van der Waals surface area (Å²) < 4.78 is 1.27. The lowest BCUT2D eigenvalue weighted by Crippen LogP contribution is -2.27. The highest BCUT2D eigenvalue weighted by Gasteiger charge is 2.19. The van der Waals surface area contributed by atoms with Crippen LogP contribution >= 0.6 is 11.3 Å². The molecule has 1 atom stereocenters. The van der Waals surface area contributed by atoms with Gasteiger partial charge in [-0.15, -0.1) is 0 Å². The van der Waals surface area contributed by atoms with Crippen LogP contribution in [0, 0.1) is 6.92 Å². The number of aryl methyl sites for hydroxylation is 2. The summed E-state index contributed by atoms with van der Waals surface area (Å²) in [7, 11) is 0. The summed E-state index contributed by atoms with van der Waals surface area (Å²) in [6.07, 6.45) is 3.45. The van der Waals surface area contributed by atoms with Crippen LogP contribution in [-0.4, -0.2) is 11.0 Å². The smallest absolute Gasteiger partial charge is 0.184 e. The van der Waals surface area contributed by atoms with Gasteiger partial charge < -0.3 is 5.32 Å². The van der Waals surface area contributed by atoms with Crippen molar-refractivity contribution in [2.24, 2.45) is 0 Å². The molecule has 21 heavy (non-hydrogen) atoms. The van der Waals surface area contributed by atoms with E-state index in [0.717, 1.165) is 23.5 Å². The molecular weight excluding hydrogens is 276 g/mol. The molecule has 2 nitrogen and oxygen atoms in total. The van der Waals surface area contributed by atoms with Gasteiger partial charge in [0.2, 0.25) is 0 Å². The molecule has 1 unspecified atom stereocenters. The second-order valence-electron chi connectivity index (χ2n) is 5.84. The second kappa shape index (κ2) is 5.15. The van der Waals surface area contributed by atoms with E-state index in [1.165, 1.54) is 27.8 Å². The first-order valence-corrected chi connectivity index (χ1v) is 8.30. The van der Waals surface area contributed by atoms with Gasteiger partial charge >= 0.3 is 0 Å². The standard InChI is InChI=1S/C18H18N2S/c1-12-6-9-16-17(10-12)21-18(20-16)19-15-8-7-13-4-2-3-5-14(13)11-15/h2-6,9-10,15H,7-8,11H2,1H3,(H,19,20). The van der Waals surface area contributed by atoms with E-state index in [4.69, 9.17) is 4.98 Å². The number of anilines is 1. The Morgan fingerprint density at radius 2 is 2.00 bits per heavy atom. The summed E-state index contributed by atoms with van der Waals surface area (Å²) in [6.45, 7) is 2.13. The summed E-state index contributed by atoms with van der Waals surface area (Å²) in [6, 6.07) is 15.8. The fourth-order valence-electron chi connectivity index (χ4n) is 3.09. The number of fused-ring (bicyclic) bond motifs is 2. The van der Waals surface area contributed by atoms with Crippen LogP contribution in [0.25, 0.3) is 10.2 Å². The normalized spacial score (nSPS) is 17.7. The third-order valence-electron chi connectivity index (χ3n) is 4.22. The lowest BCUT2D eigenvalue weighted by molar-refractivity contribution is 0.610. The monoisotopic (exact) mass is 294 g/mol. The molecule has 0 amide bonds. The number of aromatic nitrogens is 1. The van der Waals surface area contributed by atoms with Gasteiger partial charge in [-0.25, -0.2) is 4.98 Å². The maximum atomic E-state index is 4.71. The SMILES string of the molecule is Cc1ccc2nc(NC3CCc4ccccc4C3)sc2c1. The first-order chi connectivity index (χ1) is 10.3. The fraction of sp³-hybridized carbons (Fsp3) is 0.278. The highest BCUT2D eigenvalue weighted by Crippen LogP contribution is 2.29. The summed E-state index contributed by atoms with van der Waals surface area (Å²) in [5, 5.41) is 4.69. The fourth-order valence-corrected chi connectivity index (χ4v) is 4.13. The Morgan fingerprint density at radius 1 is 1.14 bits per heavy atom. The van der Waals surface area contributed by atoms with Crippen molar-refractivity contribution in [1.82, 2.24) is 4.98 Å². The molecule has 1 aliphatic rings. The summed E-state index contributed by atoms with van der Waals surface area (Å²) in [4.78, 5) is 4.71. The van der Waals surface area contributed by atoms with Crippen molar-refractivity contribution in [3.8, 4) is 0 Å². The van der Waals surface area contributed by atoms with Crippen molar-refractivity contribution in [3.05, 3.63) is 59.2 Å². The van der Waals surface area contributed by atoms with Gasteiger partial charge in [-0.05, 0) is 55.0 Å². The zero-order chi connectivity index (χ0) is 14.2. The Labute approximate surface area is 128 Å². The number of thiazole rings is 1. The van der Waals surface area contributed by atoms with E-state index in [0.29, 0.717) is 6.04 Å². The molecule has 1 heterocycles. The van der Waals surface area contributed by atoms with Gasteiger partial charge in [0, 0.05) is 6.04 Å². The lowest BCUT2D eigenvalue weighted by atomic mass is 9.88. The molecule has 0 spiro atoms. The highest BCUT2D eigenvalue weighted by molar-refractivity contribution is 7.22. The van der Waals surface area contributed by atoms with Crippen LogP contribution in [0.1, 0.15) is 23.1 Å². The van der Waals surface area contributed by atoms with Gasteiger partial charge in [0.05, 0.1) is 10.2 Å². The van der Waals surface area contributed by atoms with Gasteiger partial charge in [-0.1, -0.05) is 41.7 Å². The maximum absolute atomic E-state index is 4.71. The molecule has 0 fully saturated rings. The predicted octanol–water partition coefficient (Wildman–Crippen LogP) is 4.57. The van der Waals surface area contributed by atoms with Crippen LogP contribution in [0.3, 0.4) is 0 Å². The van der Waals surface area contributed by atoms with E-state index < -0.39 is 0 Å². The van der Waals surface area contributed by atoms with Crippen molar-refractivity contribution in [2.75, 3.05) is 5.32 Å². The number of hydrogen-bond donors (Lipinski definition) is 1. The van der Waals surface area contributed by atoms with E-state index in [9.17, 15) is 0 Å². The molecular formula is C18H18N2S. The third-order valence-corrected chi connectivity index (χ3v) is 5.17. The lowest BCUT2D eigenvalue weighted by Gasteiger charge is -2.25. The molecule has 0 bridgehead atoms. The van der Waals surface area contributed by atoms with Crippen LogP contribution in [0.5, 0.6) is 0 Å². The van der Waals surface area contributed by atoms with Gasteiger partial charge in [0.1, 0.15) is 0 Å². The number of hydrogen-bond acceptors (Lipinski definition) is 3. The van der Waals surface area contributed by atoms with E-state index in [1.807, 2.05) is 0 Å². The highest BCUT2D eigenvalue weighted by atomic mass is 32.1. The zero-order valence-corrected chi connectivity index (χ0v) is 12.9. The summed E-state index contributed by atoms with van der Waals surface area (Å²) >= 11 is 1.76. The van der Waals surface area contributed by atoms with Crippen molar-refractivity contribution in [1.29, 1.82) is 0 Å².